The van der Waals surface area contributed by atoms with Crippen molar-refractivity contribution in [1.82, 2.24) is 15.1 Å². The summed E-state index contributed by atoms with van der Waals surface area (Å²) in [5.41, 5.74) is 1.91. The lowest BCUT2D eigenvalue weighted by atomic mass is 10.0. The van der Waals surface area contributed by atoms with Crippen LogP contribution < -0.4 is 5.32 Å². The van der Waals surface area contributed by atoms with E-state index in [0.717, 1.165) is 37.5 Å². The van der Waals surface area contributed by atoms with Gasteiger partial charge < -0.3 is 14.8 Å². The molecule has 1 unspecified atom stereocenters. The van der Waals surface area contributed by atoms with E-state index in [1.54, 1.807) is 7.11 Å². The molecule has 112 valence electrons. The third kappa shape index (κ3) is 3.32. The molecule has 2 heterocycles. The molecule has 0 bridgehead atoms. The molecule has 1 saturated heterocycles. The molecule has 1 atom stereocenters. The van der Waals surface area contributed by atoms with Crippen LogP contribution >= 0.6 is 0 Å². The van der Waals surface area contributed by atoms with Gasteiger partial charge in [0.2, 0.25) is 0 Å². The highest BCUT2D eigenvalue weighted by Crippen LogP contribution is 2.21. The minimum Gasteiger partial charge on any atom is -0.378 e. The molecule has 2 aromatic rings. The Morgan fingerprint density at radius 3 is 2.90 bits per heavy atom. The molecule has 3 rings (SSSR count). The Morgan fingerprint density at radius 1 is 1.33 bits per heavy atom. The molecule has 0 radical (unpaired) electrons. The molecular weight excluding hydrogens is 266 g/mol. The van der Waals surface area contributed by atoms with Crippen molar-refractivity contribution in [3.05, 3.63) is 48.3 Å². The van der Waals surface area contributed by atoms with Crippen LogP contribution in [0.2, 0.25) is 0 Å². The molecule has 5 heteroatoms. The molecule has 1 aliphatic heterocycles. The number of ether oxygens (including phenoxy) is 2. The summed E-state index contributed by atoms with van der Waals surface area (Å²) in [6.45, 7) is 2.94. The van der Waals surface area contributed by atoms with Gasteiger partial charge in [0.25, 0.3) is 0 Å². The number of aromatic nitrogens is 2. The monoisotopic (exact) mass is 287 g/mol. The van der Waals surface area contributed by atoms with Gasteiger partial charge in [0, 0.05) is 39.4 Å². The van der Waals surface area contributed by atoms with Crippen LogP contribution in [0.4, 0.5) is 0 Å². The van der Waals surface area contributed by atoms with Crippen LogP contribution in [0.1, 0.15) is 12.1 Å². The van der Waals surface area contributed by atoms with Crippen molar-refractivity contribution in [3.63, 3.8) is 0 Å². The molecule has 1 aromatic carbocycles. The second-order valence-electron chi connectivity index (χ2n) is 5.38. The second-order valence-corrected chi connectivity index (χ2v) is 5.38. The largest absolute Gasteiger partial charge is 0.378 e. The number of benzene rings is 1. The fourth-order valence-electron chi connectivity index (χ4n) is 2.56. The Labute approximate surface area is 124 Å². The van der Waals surface area contributed by atoms with Gasteiger partial charge in [-0.1, -0.05) is 18.2 Å². The Kier molecular flexibility index (Phi) is 4.34. The van der Waals surface area contributed by atoms with Crippen molar-refractivity contribution in [2.75, 3.05) is 26.9 Å². The first kappa shape index (κ1) is 14.3. The van der Waals surface area contributed by atoms with Crippen molar-refractivity contribution < 1.29 is 9.47 Å². The lowest BCUT2D eigenvalue weighted by Crippen LogP contribution is -2.42. The number of methoxy groups -OCH3 is 1. The Hall–Kier alpha value is -1.69. The van der Waals surface area contributed by atoms with Gasteiger partial charge in [-0.2, -0.15) is 5.10 Å². The van der Waals surface area contributed by atoms with Crippen LogP contribution in [-0.2, 0) is 16.0 Å². The molecule has 0 saturated carbocycles. The van der Waals surface area contributed by atoms with Crippen molar-refractivity contribution >= 4 is 0 Å². The van der Waals surface area contributed by atoms with Gasteiger partial charge in [0.05, 0.1) is 18.0 Å². The summed E-state index contributed by atoms with van der Waals surface area (Å²) in [5, 5.41) is 7.99. The first-order valence-electron chi connectivity index (χ1n) is 7.25. The number of nitrogens with one attached hydrogen (secondary N) is 1. The van der Waals surface area contributed by atoms with Gasteiger partial charge in [-0.15, -0.1) is 0 Å². The van der Waals surface area contributed by atoms with Gasteiger partial charge in [0.1, 0.15) is 5.60 Å². The Balaban J connectivity index is 1.56. The zero-order chi connectivity index (χ0) is 14.5. The molecule has 1 N–H and O–H groups in total. The van der Waals surface area contributed by atoms with Crippen molar-refractivity contribution in [2.45, 2.75) is 18.6 Å². The summed E-state index contributed by atoms with van der Waals surface area (Å²) < 4.78 is 12.9. The van der Waals surface area contributed by atoms with Crippen molar-refractivity contribution in [3.8, 4) is 5.69 Å². The van der Waals surface area contributed by atoms with Gasteiger partial charge >= 0.3 is 0 Å². The van der Waals surface area contributed by atoms with Crippen LogP contribution in [-0.4, -0.2) is 42.2 Å². The number of hydrogen-bond donors (Lipinski definition) is 1. The van der Waals surface area contributed by atoms with Gasteiger partial charge in [-0.25, -0.2) is 4.68 Å². The molecule has 0 aliphatic carbocycles. The zero-order valence-corrected chi connectivity index (χ0v) is 12.3. The van der Waals surface area contributed by atoms with Crippen LogP contribution in [0.25, 0.3) is 5.69 Å². The summed E-state index contributed by atoms with van der Waals surface area (Å²) >= 11 is 0. The maximum absolute atomic E-state index is 5.60. The standard InChI is InChI=1S/C16H21N3O2/c1-20-16(8-10-21-13-16)12-17-11-14-7-9-19(18-14)15-5-3-2-4-6-15/h2-7,9,17H,8,10-13H2,1H3. The minimum atomic E-state index is -0.179. The molecular formula is C16H21N3O2. The van der Waals surface area contributed by atoms with E-state index in [1.807, 2.05) is 47.3 Å². The summed E-state index contributed by atoms with van der Waals surface area (Å²) in [6, 6.07) is 12.1. The molecule has 0 amide bonds. The van der Waals surface area contributed by atoms with E-state index in [1.165, 1.54) is 0 Å². The van der Waals surface area contributed by atoms with E-state index in [-0.39, 0.29) is 5.60 Å². The highest BCUT2D eigenvalue weighted by atomic mass is 16.5. The molecule has 5 nitrogen and oxygen atoms in total. The second kappa shape index (κ2) is 6.39. The third-order valence-electron chi connectivity index (χ3n) is 3.92. The number of para-hydroxylation sites is 1. The number of nitrogens with zero attached hydrogens (tertiary/aromatic N) is 2. The molecule has 1 aromatic heterocycles. The molecule has 21 heavy (non-hydrogen) atoms. The molecule has 1 aliphatic rings. The number of rotatable bonds is 6. The smallest absolute Gasteiger partial charge is 0.106 e. The highest BCUT2D eigenvalue weighted by molar-refractivity contribution is 5.30. The average Bonchev–Trinajstić information content (AvgIpc) is 3.18. The van der Waals surface area contributed by atoms with E-state index >= 15 is 0 Å². The summed E-state index contributed by atoms with van der Waals surface area (Å²) in [7, 11) is 1.75. The Bertz CT molecular complexity index is 562. The van der Waals surface area contributed by atoms with Gasteiger partial charge in [-0.3, -0.25) is 0 Å². The van der Waals surface area contributed by atoms with Gasteiger partial charge in [-0.05, 0) is 18.2 Å². The molecule has 0 spiro atoms. The van der Waals surface area contributed by atoms with Crippen LogP contribution in [0.15, 0.2) is 42.6 Å². The fourth-order valence-corrected chi connectivity index (χ4v) is 2.56. The SMILES string of the molecule is COC1(CNCc2ccn(-c3ccccc3)n2)CCOC1. The molecule has 1 fully saturated rings. The van der Waals surface area contributed by atoms with Crippen LogP contribution in [0.3, 0.4) is 0 Å². The predicted molar refractivity (Wildman–Crippen MR) is 80.4 cm³/mol. The summed E-state index contributed by atoms with van der Waals surface area (Å²) in [6.07, 6.45) is 2.92. The first-order valence-corrected chi connectivity index (χ1v) is 7.25. The first-order chi connectivity index (χ1) is 10.3. The van der Waals surface area contributed by atoms with Crippen LogP contribution in [0, 0.1) is 0 Å². The predicted octanol–water partition coefficient (Wildman–Crippen LogP) is 1.77. The van der Waals surface area contributed by atoms with Crippen molar-refractivity contribution in [1.29, 1.82) is 0 Å². The third-order valence-corrected chi connectivity index (χ3v) is 3.92. The van der Waals surface area contributed by atoms with Crippen LogP contribution in [0.5, 0.6) is 0 Å². The van der Waals surface area contributed by atoms with E-state index in [0.29, 0.717) is 6.61 Å². The topological polar surface area (TPSA) is 48.3 Å². The average molecular weight is 287 g/mol. The minimum absolute atomic E-state index is 0.179. The quantitative estimate of drug-likeness (QED) is 0.879. The van der Waals surface area contributed by atoms with E-state index < -0.39 is 0 Å². The number of hydrogen-bond acceptors (Lipinski definition) is 4. The zero-order valence-electron chi connectivity index (χ0n) is 12.3. The van der Waals surface area contributed by atoms with Gasteiger partial charge in [0.15, 0.2) is 0 Å². The Morgan fingerprint density at radius 2 is 2.19 bits per heavy atom. The van der Waals surface area contributed by atoms with Crippen molar-refractivity contribution in [2.24, 2.45) is 0 Å². The lowest BCUT2D eigenvalue weighted by Gasteiger charge is -2.25. The summed E-state index contributed by atoms with van der Waals surface area (Å²) in [5.74, 6) is 0. The maximum Gasteiger partial charge on any atom is 0.106 e. The normalized spacial score (nSPS) is 21.8. The van der Waals surface area contributed by atoms with E-state index in [2.05, 4.69) is 10.4 Å². The van der Waals surface area contributed by atoms with E-state index in [9.17, 15) is 0 Å². The maximum atomic E-state index is 5.60. The van der Waals surface area contributed by atoms with E-state index in [4.69, 9.17) is 9.47 Å². The fraction of sp³-hybridized carbons (Fsp3) is 0.438. The summed E-state index contributed by atoms with van der Waals surface area (Å²) in [4.78, 5) is 0. The highest BCUT2D eigenvalue weighted by Gasteiger charge is 2.34. The lowest BCUT2D eigenvalue weighted by molar-refractivity contribution is -0.0159.